The lowest BCUT2D eigenvalue weighted by atomic mass is 9.88. The van der Waals surface area contributed by atoms with Crippen molar-refractivity contribution >= 4 is 17.4 Å². The maximum Gasteiger partial charge on any atom is 0.0883 e. The smallest absolute Gasteiger partial charge is 0.0883 e. The van der Waals surface area contributed by atoms with Crippen LogP contribution < -0.4 is 10.4 Å². The third-order valence-corrected chi connectivity index (χ3v) is 6.56. The first-order chi connectivity index (χ1) is 14.4. The monoisotopic (exact) mass is 406 g/mol. The molecular weight excluding hydrogens is 368 g/mol. The molecule has 0 atom stereocenters. The number of hydrogen-bond acceptors (Lipinski definition) is 4. The summed E-state index contributed by atoms with van der Waals surface area (Å²) in [6.45, 7) is 11.5. The van der Waals surface area contributed by atoms with Crippen LogP contribution in [0.1, 0.15) is 46.1 Å². The van der Waals surface area contributed by atoms with Crippen LogP contribution in [0.25, 0.3) is 11.6 Å². The van der Waals surface area contributed by atoms with Crippen LogP contribution in [0.15, 0.2) is 40.9 Å². The number of likely N-dealkylation sites (N-methyl/N-ethyl adjacent to an activating group) is 2. The van der Waals surface area contributed by atoms with Crippen LogP contribution in [0.4, 0.5) is 0 Å². The lowest BCUT2D eigenvalue weighted by Crippen LogP contribution is -2.39. The molecule has 0 aromatic heterocycles. The summed E-state index contributed by atoms with van der Waals surface area (Å²) in [5.41, 5.74) is 7.85. The van der Waals surface area contributed by atoms with E-state index >= 15 is 0 Å². The van der Waals surface area contributed by atoms with E-state index in [9.17, 15) is 5.41 Å². The molecule has 4 heteroatoms. The molecule has 0 aliphatic heterocycles. The van der Waals surface area contributed by atoms with Crippen molar-refractivity contribution in [2.45, 2.75) is 47.0 Å². The van der Waals surface area contributed by atoms with E-state index in [2.05, 4.69) is 87.8 Å². The van der Waals surface area contributed by atoms with E-state index in [1.807, 2.05) is 0 Å². The van der Waals surface area contributed by atoms with Gasteiger partial charge in [0.05, 0.1) is 22.8 Å². The molecule has 0 fully saturated rings. The zero-order chi connectivity index (χ0) is 22.0. The van der Waals surface area contributed by atoms with Crippen molar-refractivity contribution < 1.29 is 0 Å². The Hall–Kier alpha value is -2.49. The Labute approximate surface area is 182 Å². The predicted molar refractivity (Wildman–Crippen MR) is 129 cm³/mol. The Morgan fingerprint density at radius 3 is 2.00 bits per heavy atom. The Balaban J connectivity index is 2.43. The first-order valence-electron chi connectivity index (χ1n) is 11.5. The molecule has 1 N–H and O–H groups in total. The lowest BCUT2D eigenvalue weighted by Gasteiger charge is -2.39. The number of fused-ring (bicyclic) bond motifs is 2. The fourth-order valence-corrected chi connectivity index (χ4v) is 4.50. The molecule has 0 radical (unpaired) electrons. The number of nitrogens with zero attached hydrogens (tertiary/aromatic N) is 3. The average Bonchev–Trinajstić information content (AvgIpc) is 3.16. The van der Waals surface area contributed by atoms with Gasteiger partial charge in [-0.05, 0) is 55.7 Å². The van der Waals surface area contributed by atoms with Gasteiger partial charge in [0, 0.05) is 51.9 Å². The first-order valence-corrected chi connectivity index (χ1v) is 11.5. The van der Waals surface area contributed by atoms with Gasteiger partial charge in [-0.1, -0.05) is 31.5 Å². The van der Waals surface area contributed by atoms with Crippen LogP contribution in [0.3, 0.4) is 0 Å². The third kappa shape index (κ3) is 3.57. The number of hydrogen-bond donors (Lipinski definition) is 1. The minimum Gasteiger partial charge on any atom is -0.373 e. The van der Waals surface area contributed by atoms with Crippen LogP contribution in [-0.2, 0) is 6.42 Å². The molecule has 0 bridgehead atoms. The van der Waals surface area contributed by atoms with Gasteiger partial charge in [-0.15, -0.1) is 0 Å². The van der Waals surface area contributed by atoms with Crippen molar-refractivity contribution in [1.29, 1.82) is 5.41 Å². The molecule has 3 rings (SSSR count). The van der Waals surface area contributed by atoms with Crippen LogP contribution >= 0.6 is 0 Å². The topological polar surface area (TPSA) is 33.6 Å². The quantitative estimate of drug-likeness (QED) is 0.683. The summed E-state index contributed by atoms with van der Waals surface area (Å²) >= 11 is 0. The van der Waals surface area contributed by atoms with E-state index in [1.54, 1.807) is 0 Å². The molecule has 4 nitrogen and oxygen atoms in total. The van der Waals surface area contributed by atoms with Crippen molar-refractivity contribution in [1.82, 2.24) is 14.7 Å². The largest absolute Gasteiger partial charge is 0.373 e. The molecule has 2 aliphatic rings. The molecule has 30 heavy (non-hydrogen) atoms. The Bertz CT molecular complexity index is 1010. The molecule has 0 saturated carbocycles. The normalized spacial score (nSPS) is 15.3. The van der Waals surface area contributed by atoms with E-state index in [1.165, 1.54) is 45.8 Å². The summed E-state index contributed by atoms with van der Waals surface area (Å²) in [6.07, 6.45) is 5.75. The Kier molecular flexibility index (Phi) is 6.74. The second-order valence-electron chi connectivity index (χ2n) is 8.38. The van der Waals surface area contributed by atoms with Gasteiger partial charge < -0.3 is 14.7 Å². The molecule has 2 aliphatic carbocycles. The number of aryl methyl sites for hydroxylation is 1. The summed E-state index contributed by atoms with van der Waals surface area (Å²) in [7, 11) is 6.44. The zero-order valence-corrected chi connectivity index (χ0v) is 19.9. The van der Waals surface area contributed by atoms with Gasteiger partial charge >= 0.3 is 0 Å². The summed E-state index contributed by atoms with van der Waals surface area (Å²) in [4.78, 5) is 6.89. The van der Waals surface area contributed by atoms with E-state index in [0.29, 0.717) is 5.71 Å². The number of allylic oxidation sites excluding steroid dienone is 2. The van der Waals surface area contributed by atoms with E-state index in [4.69, 9.17) is 0 Å². The highest BCUT2D eigenvalue weighted by molar-refractivity contribution is 6.34. The van der Waals surface area contributed by atoms with Crippen molar-refractivity contribution in [3.8, 4) is 0 Å². The van der Waals surface area contributed by atoms with Crippen LogP contribution in [0.2, 0.25) is 0 Å². The Morgan fingerprint density at radius 2 is 1.40 bits per heavy atom. The fourth-order valence-electron chi connectivity index (χ4n) is 4.50. The number of nitrogens with one attached hydrogen (secondary N) is 1. The minimum atomic E-state index is 0.664. The maximum atomic E-state index is 9.36. The van der Waals surface area contributed by atoms with Gasteiger partial charge in [0.1, 0.15) is 0 Å². The minimum absolute atomic E-state index is 0.664. The lowest BCUT2D eigenvalue weighted by molar-refractivity contribution is 0.355. The van der Waals surface area contributed by atoms with Gasteiger partial charge in [-0.25, -0.2) is 0 Å². The van der Waals surface area contributed by atoms with Gasteiger partial charge in [0.25, 0.3) is 0 Å². The maximum absolute atomic E-state index is 9.36. The molecule has 1 aromatic carbocycles. The van der Waals surface area contributed by atoms with Crippen molar-refractivity contribution in [3.05, 3.63) is 56.9 Å². The van der Waals surface area contributed by atoms with E-state index in [0.717, 1.165) is 37.3 Å². The third-order valence-electron chi connectivity index (χ3n) is 6.56. The SMILES string of the molecule is CCCCc1cccc2c1=C1C(=N)C(N(C)CC)=C(N(C)CC)C(N(C)CC)=C1C=2. The van der Waals surface area contributed by atoms with Crippen molar-refractivity contribution in [2.75, 3.05) is 40.8 Å². The van der Waals surface area contributed by atoms with Crippen molar-refractivity contribution in [2.24, 2.45) is 0 Å². The van der Waals surface area contributed by atoms with Gasteiger partial charge in [0.15, 0.2) is 0 Å². The molecule has 0 amide bonds. The van der Waals surface area contributed by atoms with Crippen LogP contribution in [0.5, 0.6) is 0 Å². The van der Waals surface area contributed by atoms with Crippen LogP contribution in [-0.4, -0.2) is 61.2 Å². The van der Waals surface area contributed by atoms with E-state index < -0.39 is 0 Å². The molecule has 162 valence electrons. The highest BCUT2D eigenvalue weighted by atomic mass is 15.2. The molecule has 0 unspecified atom stereocenters. The van der Waals surface area contributed by atoms with Crippen LogP contribution in [0, 0.1) is 5.41 Å². The molecule has 0 spiro atoms. The second-order valence-corrected chi connectivity index (χ2v) is 8.38. The van der Waals surface area contributed by atoms with Gasteiger partial charge in [0.2, 0.25) is 0 Å². The first kappa shape index (κ1) is 22.2. The fraction of sp³-hybridized carbons (Fsp3) is 0.500. The van der Waals surface area contributed by atoms with E-state index in [-0.39, 0.29) is 0 Å². The number of benzene rings is 1. The van der Waals surface area contributed by atoms with Gasteiger partial charge in [-0.2, -0.15) is 0 Å². The van der Waals surface area contributed by atoms with Crippen molar-refractivity contribution in [3.63, 3.8) is 0 Å². The summed E-state index contributed by atoms with van der Waals surface area (Å²) < 4.78 is 0. The second kappa shape index (κ2) is 9.11. The summed E-state index contributed by atoms with van der Waals surface area (Å²) in [5.74, 6) is 0. The van der Waals surface area contributed by atoms with Gasteiger partial charge in [-0.3, -0.25) is 5.41 Å². The average molecular weight is 407 g/mol. The molecular formula is C26H38N4. The summed E-state index contributed by atoms with van der Waals surface area (Å²) in [6, 6.07) is 6.65. The standard InChI is InChI=1S/C26H38N4/c1-8-12-14-18-15-13-16-19-17-20-22(21(18)19)23(27)25(29(6)10-3)26(30(7)11-4)24(20)28(5)9-2/h13,15-17,27H,8-12,14H2,1-7H3. The molecule has 1 aromatic rings. The Morgan fingerprint density at radius 1 is 0.800 bits per heavy atom. The highest BCUT2D eigenvalue weighted by Crippen LogP contribution is 2.38. The molecule has 0 saturated heterocycles. The highest BCUT2D eigenvalue weighted by Gasteiger charge is 2.35. The summed E-state index contributed by atoms with van der Waals surface area (Å²) in [5, 5.41) is 11.9. The molecule has 0 heterocycles. The zero-order valence-electron chi connectivity index (χ0n) is 19.9. The number of rotatable bonds is 9. The predicted octanol–water partition coefficient (Wildman–Crippen LogP) is 3.33. The number of unbranched alkanes of at least 4 members (excludes halogenated alkanes) is 1.